The molecule has 372 valence electrons. The van der Waals surface area contributed by atoms with Crippen LogP contribution in [0.4, 0.5) is 29.7 Å². The van der Waals surface area contributed by atoms with E-state index in [9.17, 15) is 38.3 Å². The highest BCUT2D eigenvalue weighted by Gasteiger charge is 2.43. The number of halogens is 3. The average Bonchev–Trinajstić information content (AvgIpc) is 4.17. The number of carbonyl (C=O) groups is 6. The minimum absolute atomic E-state index is 0.0168. The number of anilines is 3. The minimum atomic E-state index is -1.29. The van der Waals surface area contributed by atoms with Gasteiger partial charge < -0.3 is 35.0 Å². The maximum Gasteiger partial charge on any atom is 0.270 e. The highest BCUT2D eigenvalue weighted by Crippen LogP contribution is 2.37. The number of fused-ring (bicyclic) bond motifs is 2. The van der Waals surface area contributed by atoms with Crippen molar-refractivity contribution in [3.05, 3.63) is 118 Å². The summed E-state index contributed by atoms with van der Waals surface area (Å²) in [7, 11) is 0. The summed E-state index contributed by atoms with van der Waals surface area (Å²) < 4.78 is 47.0. The molecule has 8 heterocycles. The van der Waals surface area contributed by atoms with E-state index in [0.29, 0.717) is 73.2 Å². The molecular weight excluding hydrogens is 956 g/mol. The fourth-order valence-corrected chi connectivity index (χ4v) is 10.5. The summed E-state index contributed by atoms with van der Waals surface area (Å²) in [5.41, 5.74) is 1.05. The van der Waals surface area contributed by atoms with Crippen molar-refractivity contribution < 1.29 is 47.0 Å². The standard InChI is InChI=1S/C50H48F3N11O7S/c51-30-21-40-43(56-27-63(40)25-30)44(47(69)60-49-54-13-18-72-49)64-26-34-33(48(64)70)19-29(20-35(34)52)2-1-28-3-5-37(55-24-28)45(67)58-31-9-14-62(15-10-31)42(66)23-50(71)11-16-61(17-12-50)39-7-4-32(22-36(39)53)57-38-6-8-41(65)59-46(38)68/h3-5,7,13,18-20,22,24,27,30-31,38,44,57,71H,6,8-12,14-17,21,23,25-26H2,(H,58,67)(H,54,60,69)(H,59,65,68). The molecule has 0 saturated carbocycles. The molecule has 0 bridgehead atoms. The molecule has 2 aromatic carbocycles. The summed E-state index contributed by atoms with van der Waals surface area (Å²) in [4.78, 5) is 95.4. The number of piperidine rings is 3. The largest absolute Gasteiger partial charge is 0.389 e. The zero-order chi connectivity index (χ0) is 50.3. The molecule has 0 spiro atoms. The van der Waals surface area contributed by atoms with Crippen molar-refractivity contribution in [1.29, 1.82) is 0 Å². The Morgan fingerprint density at radius 3 is 2.46 bits per heavy atom. The first-order valence-corrected chi connectivity index (χ1v) is 24.5. The van der Waals surface area contributed by atoms with Crippen LogP contribution in [0, 0.1) is 23.5 Å². The second kappa shape index (κ2) is 19.9. The van der Waals surface area contributed by atoms with Gasteiger partial charge in [-0.05, 0) is 74.6 Å². The number of hydrogen-bond acceptors (Lipinski definition) is 13. The number of rotatable bonds is 11. The van der Waals surface area contributed by atoms with E-state index in [2.05, 4.69) is 48.1 Å². The first-order valence-electron chi connectivity index (χ1n) is 23.6. The fourth-order valence-electron chi connectivity index (χ4n) is 9.96. The van der Waals surface area contributed by atoms with E-state index in [1.807, 2.05) is 4.90 Å². The summed E-state index contributed by atoms with van der Waals surface area (Å²) in [6.45, 7) is 1.25. The lowest BCUT2D eigenvalue weighted by molar-refractivity contribution is -0.138. The van der Waals surface area contributed by atoms with E-state index in [-0.39, 0.29) is 91.1 Å². The molecule has 3 unspecified atom stereocenters. The number of likely N-dealkylation sites (tertiary alicyclic amines) is 1. The van der Waals surface area contributed by atoms with Gasteiger partial charge >= 0.3 is 0 Å². The second-order valence-corrected chi connectivity index (χ2v) is 19.6. The number of imide groups is 1. The lowest BCUT2D eigenvalue weighted by Gasteiger charge is -2.40. The Morgan fingerprint density at radius 2 is 1.74 bits per heavy atom. The van der Waals surface area contributed by atoms with Gasteiger partial charge in [-0.25, -0.2) is 28.1 Å². The first-order chi connectivity index (χ1) is 34.7. The van der Waals surface area contributed by atoms with Gasteiger partial charge in [0.25, 0.3) is 17.7 Å². The molecule has 10 rings (SSSR count). The molecule has 5 aromatic rings. The number of pyridine rings is 1. The molecule has 6 amide bonds. The van der Waals surface area contributed by atoms with Crippen LogP contribution in [-0.4, -0.2) is 120 Å². The number of aliphatic hydroxyl groups is 1. The molecular formula is C50H48F3N11O7S. The number of nitrogens with zero attached hydrogens (tertiary/aromatic N) is 7. The minimum Gasteiger partial charge on any atom is -0.389 e. The number of hydrogen-bond donors (Lipinski definition) is 5. The molecule has 18 nitrogen and oxygen atoms in total. The highest BCUT2D eigenvalue weighted by molar-refractivity contribution is 7.13. The predicted octanol–water partition coefficient (Wildman–Crippen LogP) is 4.00. The van der Waals surface area contributed by atoms with E-state index >= 15 is 8.78 Å². The van der Waals surface area contributed by atoms with E-state index in [1.165, 1.54) is 59.2 Å². The van der Waals surface area contributed by atoms with Gasteiger partial charge in [0, 0.05) is 96.5 Å². The van der Waals surface area contributed by atoms with Gasteiger partial charge in [0.15, 0.2) is 11.2 Å². The molecule has 5 aliphatic rings. The maximum absolute atomic E-state index is 15.7. The van der Waals surface area contributed by atoms with Crippen LogP contribution in [0.25, 0.3) is 0 Å². The third kappa shape index (κ3) is 10.1. The third-order valence-electron chi connectivity index (χ3n) is 13.9. The van der Waals surface area contributed by atoms with E-state index in [0.717, 1.165) is 0 Å². The molecule has 0 aliphatic carbocycles. The van der Waals surface area contributed by atoms with Crippen LogP contribution in [0.15, 0.2) is 66.6 Å². The van der Waals surface area contributed by atoms with Crippen molar-refractivity contribution in [2.24, 2.45) is 0 Å². The number of thiazole rings is 1. The normalized spacial score (nSPS) is 20.0. The lowest BCUT2D eigenvalue weighted by Crippen LogP contribution is -2.50. The number of imidazole rings is 1. The molecule has 3 aromatic heterocycles. The zero-order valence-electron chi connectivity index (χ0n) is 38.6. The van der Waals surface area contributed by atoms with Crippen molar-refractivity contribution >= 4 is 63.3 Å². The first kappa shape index (κ1) is 48.0. The van der Waals surface area contributed by atoms with Crippen molar-refractivity contribution in [2.45, 2.75) is 94.4 Å². The van der Waals surface area contributed by atoms with Gasteiger partial charge in [-0.2, -0.15) is 0 Å². The SMILES string of the molecule is O=C1CCC(Nc2ccc(N3CCC(O)(CC(=O)N4CCC(NC(=O)c5ccc(C#Cc6cc(F)c7c(c6)C(=O)N(C(C(=O)Nc6nccs6)c6ncn8c6CC(F)C8)C7)cn5)CC4)CC3)c(F)c2)C(=O)N1. The molecule has 3 fully saturated rings. The van der Waals surface area contributed by atoms with Crippen LogP contribution in [0.2, 0.25) is 0 Å². The molecule has 3 atom stereocenters. The van der Waals surface area contributed by atoms with Gasteiger partial charge in [0.2, 0.25) is 17.7 Å². The predicted molar refractivity (Wildman–Crippen MR) is 255 cm³/mol. The van der Waals surface area contributed by atoms with Crippen molar-refractivity contribution in [3.8, 4) is 11.8 Å². The number of carbonyl (C=O) groups excluding carboxylic acids is 6. The highest BCUT2D eigenvalue weighted by atomic mass is 32.1. The van der Waals surface area contributed by atoms with Crippen LogP contribution in [0.5, 0.6) is 0 Å². The van der Waals surface area contributed by atoms with Gasteiger partial charge in [-0.1, -0.05) is 11.8 Å². The summed E-state index contributed by atoms with van der Waals surface area (Å²) in [5.74, 6) is 1.94. The van der Waals surface area contributed by atoms with Crippen LogP contribution >= 0.6 is 11.3 Å². The Labute approximate surface area is 414 Å². The maximum atomic E-state index is 15.7. The van der Waals surface area contributed by atoms with Crippen LogP contribution < -0.4 is 26.2 Å². The number of alkyl halides is 1. The Balaban J connectivity index is 0.698. The summed E-state index contributed by atoms with van der Waals surface area (Å²) in [5, 5.41) is 24.3. The van der Waals surface area contributed by atoms with E-state index in [1.54, 1.807) is 33.0 Å². The molecule has 0 radical (unpaired) electrons. The van der Waals surface area contributed by atoms with Crippen molar-refractivity contribution in [1.82, 2.24) is 40.0 Å². The van der Waals surface area contributed by atoms with Crippen LogP contribution in [-0.2, 0) is 38.7 Å². The van der Waals surface area contributed by atoms with Crippen LogP contribution in [0.1, 0.15) is 99.9 Å². The Kier molecular flexibility index (Phi) is 13.2. The third-order valence-corrected chi connectivity index (χ3v) is 14.5. The van der Waals surface area contributed by atoms with Crippen LogP contribution in [0.3, 0.4) is 0 Å². The average molecular weight is 1000 g/mol. The van der Waals surface area contributed by atoms with E-state index in [4.69, 9.17) is 0 Å². The fraction of sp³-hybridized carbons (Fsp3) is 0.380. The second-order valence-electron chi connectivity index (χ2n) is 18.7. The molecule has 72 heavy (non-hydrogen) atoms. The van der Waals surface area contributed by atoms with Gasteiger partial charge in [-0.3, -0.25) is 39.4 Å². The molecule has 5 aliphatic heterocycles. The van der Waals surface area contributed by atoms with Gasteiger partial charge in [-0.15, -0.1) is 11.3 Å². The smallest absolute Gasteiger partial charge is 0.270 e. The quantitative estimate of drug-likeness (QED) is 0.0936. The topological polar surface area (TPSA) is 224 Å². The summed E-state index contributed by atoms with van der Waals surface area (Å²) in [6, 6.07) is 8.17. The number of amides is 6. The number of nitrogens with one attached hydrogen (secondary N) is 4. The number of benzene rings is 2. The molecule has 5 N–H and O–H groups in total. The van der Waals surface area contributed by atoms with E-state index < -0.39 is 59.1 Å². The summed E-state index contributed by atoms with van der Waals surface area (Å²) in [6.07, 6.45) is 5.11. The zero-order valence-corrected chi connectivity index (χ0v) is 39.4. The summed E-state index contributed by atoms with van der Waals surface area (Å²) >= 11 is 1.18. The Bertz CT molecular complexity index is 3030. The lowest BCUT2D eigenvalue weighted by atomic mass is 9.87. The molecule has 3 saturated heterocycles. The van der Waals surface area contributed by atoms with Gasteiger partial charge in [0.05, 0.1) is 42.8 Å². The number of aromatic nitrogens is 4. The Morgan fingerprint density at radius 1 is 0.944 bits per heavy atom. The van der Waals surface area contributed by atoms with Gasteiger partial charge in [0.1, 0.15) is 29.5 Å². The van der Waals surface area contributed by atoms with Crippen molar-refractivity contribution in [3.63, 3.8) is 0 Å². The Hall–Kier alpha value is -7.64. The molecule has 22 heteroatoms. The monoisotopic (exact) mass is 1000 g/mol. The van der Waals surface area contributed by atoms with Crippen molar-refractivity contribution in [2.75, 3.05) is 41.7 Å².